The van der Waals surface area contributed by atoms with Crippen molar-refractivity contribution in [3.63, 3.8) is 0 Å². The normalized spacial score (nSPS) is 17.5. The van der Waals surface area contributed by atoms with E-state index in [1.165, 1.54) is 5.69 Å². The van der Waals surface area contributed by atoms with Crippen LogP contribution in [0.25, 0.3) is 11.0 Å². The average molecular weight is 407 g/mol. The number of rotatable bonds is 4. The van der Waals surface area contributed by atoms with Gasteiger partial charge in [0.25, 0.3) is 0 Å². The number of carbonyl (C=O) groups is 1. The summed E-state index contributed by atoms with van der Waals surface area (Å²) in [5.74, 6) is 0.928. The lowest BCUT2D eigenvalue weighted by molar-refractivity contribution is -0.136. The van der Waals surface area contributed by atoms with Crippen LogP contribution in [0.1, 0.15) is 0 Å². The van der Waals surface area contributed by atoms with E-state index < -0.39 is 0 Å². The number of morpholine rings is 1. The van der Waals surface area contributed by atoms with Gasteiger partial charge in [0, 0.05) is 45.0 Å². The Morgan fingerprint density at radius 2 is 1.67 bits per heavy atom. The third-order valence-corrected chi connectivity index (χ3v) is 5.76. The van der Waals surface area contributed by atoms with Gasteiger partial charge >= 0.3 is 0 Å². The van der Waals surface area contributed by atoms with E-state index in [0.717, 1.165) is 37.4 Å². The second-order valence-corrected chi connectivity index (χ2v) is 7.54. The largest absolute Gasteiger partial charge is 0.378 e. The molecule has 9 nitrogen and oxygen atoms in total. The highest BCUT2D eigenvalue weighted by Crippen LogP contribution is 2.25. The minimum Gasteiger partial charge on any atom is -0.378 e. The summed E-state index contributed by atoms with van der Waals surface area (Å²) in [4.78, 5) is 28.1. The van der Waals surface area contributed by atoms with Crippen molar-refractivity contribution in [3.8, 4) is 0 Å². The first-order valence-electron chi connectivity index (χ1n) is 10.4. The van der Waals surface area contributed by atoms with Gasteiger partial charge in [0.15, 0.2) is 5.65 Å². The van der Waals surface area contributed by atoms with Crippen molar-refractivity contribution in [3.05, 3.63) is 42.9 Å². The third kappa shape index (κ3) is 3.68. The van der Waals surface area contributed by atoms with Crippen LogP contribution in [0.15, 0.2) is 42.9 Å². The zero-order valence-corrected chi connectivity index (χ0v) is 16.9. The van der Waals surface area contributed by atoms with Gasteiger partial charge in [0.2, 0.25) is 5.91 Å². The molecule has 3 aromatic rings. The molecule has 156 valence electrons. The second-order valence-electron chi connectivity index (χ2n) is 7.54. The molecule has 0 saturated carbocycles. The van der Waals surface area contributed by atoms with Crippen molar-refractivity contribution in [1.82, 2.24) is 24.6 Å². The second kappa shape index (κ2) is 8.27. The molecule has 30 heavy (non-hydrogen) atoms. The number of piperazine rings is 1. The minimum atomic E-state index is 0.0416. The third-order valence-electron chi connectivity index (χ3n) is 5.76. The number of fused-ring (bicyclic) bond motifs is 1. The van der Waals surface area contributed by atoms with Crippen LogP contribution in [0.4, 0.5) is 11.5 Å². The molecule has 5 rings (SSSR count). The van der Waals surface area contributed by atoms with Crippen LogP contribution in [0.2, 0.25) is 0 Å². The molecule has 2 fully saturated rings. The smallest absolute Gasteiger partial charge is 0.244 e. The Kier molecular flexibility index (Phi) is 5.18. The Morgan fingerprint density at radius 1 is 0.933 bits per heavy atom. The topological polar surface area (TPSA) is 79.6 Å². The Morgan fingerprint density at radius 3 is 2.43 bits per heavy atom. The number of carbonyl (C=O) groups excluding carboxylic acids is 1. The molecule has 2 aliphatic rings. The van der Waals surface area contributed by atoms with Crippen molar-refractivity contribution in [2.75, 3.05) is 62.3 Å². The molecule has 9 heteroatoms. The first-order chi connectivity index (χ1) is 14.8. The number of nitrogens with zero attached hydrogens (tertiary/aromatic N) is 7. The standard InChI is InChI=1S/C21H25N7O2/c29-19(26-10-12-30-13-11-26)15-28-21-18(14-24-28)20(22-16-23-21)27-8-6-25(7-9-27)17-4-2-1-3-5-17/h1-5,14,16H,6-13,15H2. The maximum Gasteiger partial charge on any atom is 0.244 e. The SMILES string of the molecule is O=C(Cn1ncc2c(N3CCN(c4ccccc4)CC3)ncnc21)N1CCOCC1. The number of para-hydroxylation sites is 1. The van der Waals surface area contributed by atoms with E-state index in [1.54, 1.807) is 17.2 Å². The Bertz CT molecular complexity index is 1010. The lowest BCUT2D eigenvalue weighted by atomic mass is 10.2. The first-order valence-corrected chi connectivity index (χ1v) is 10.4. The first kappa shape index (κ1) is 18.8. The molecule has 0 unspecified atom stereocenters. The molecule has 2 aromatic heterocycles. The van der Waals surface area contributed by atoms with Gasteiger partial charge < -0.3 is 19.4 Å². The van der Waals surface area contributed by atoms with Crippen LogP contribution < -0.4 is 9.80 Å². The van der Waals surface area contributed by atoms with E-state index in [0.29, 0.717) is 32.0 Å². The van der Waals surface area contributed by atoms with E-state index in [1.807, 2.05) is 11.0 Å². The van der Waals surface area contributed by atoms with Crippen molar-refractivity contribution >= 4 is 28.4 Å². The molecule has 4 heterocycles. The molecular formula is C21H25N7O2. The molecule has 0 N–H and O–H groups in total. The molecule has 0 spiro atoms. The van der Waals surface area contributed by atoms with E-state index in [9.17, 15) is 4.79 Å². The van der Waals surface area contributed by atoms with Gasteiger partial charge in [0.05, 0.1) is 24.8 Å². The summed E-state index contributed by atoms with van der Waals surface area (Å²) >= 11 is 0. The van der Waals surface area contributed by atoms with Crippen LogP contribution in [-0.4, -0.2) is 83.0 Å². The molecule has 2 aliphatic heterocycles. The Balaban J connectivity index is 1.31. The fourth-order valence-electron chi connectivity index (χ4n) is 4.10. The molecular weight excluding hydrogens is 382 g/mol. The summed E-state index contributed by atoms with van der Waals surface area (Å²) < 4.78 is 7.01. The van der Waals surface area contributed by atoms with Crippen LogP contribution >= 0.6 is 0 Å². The lowest BCUT2D eigenvalue weighted by Gasteiger charge is -2.36. The zero-order valence-electron chi connectivity index (χ0n) is 16.9. The van der Waals surface area contributed by atoms with Gasteiger partial charge in [-0.3, -0.25) is 4.79 Å². The molecule has 0 bridgehead atoms. The van der Waals surface area contributed by atoms with Crippen molar-refractivity contribution in [1.29, 1.82) is 0 Å². The highest BCUT2D eigenvalue weighted by molar-refractivity contribution is 5.88. The van der Waals surface area contributed by atoms with Crippen LogP contribution in [0, 0.1) is 0 Å². The van der Waals surface area contributed by atoms with Crippen molar-refractivity contribution < 1.29 is 9.53 Å². The van der Waals surface area contributed by atoms with Crippen molar-refractivity contribution in [2.45, 2.75) is 6.54 Å². The summed E-state index contributed by atoms with van der Waals surface area (Å²) in [7, 11) is 0. The fraction of sp³-hybridized carbons (Fsp3) is 0.429. The van der Waals surface area contributed by atoms with Gasteiger partial charge in [-0.15, -0.1) is 0 Å². The molecule has 0 atom stereocenters. The van der Waals surface area contributed by atoms with Gasteiger partial charge in [-0.2, -0.15) is 5.10 Å². The van der Waals surface area contributed by atoms with Gasteiger partial charge in [0.1, 0.15) is 18.7 Å². The lowest BCUT2D eigenvalue weighted by Crippen LogP contribution is -2.46. The quantitative estimate of drug-likeness (QED) is 0.639. The fourth-order valence-corrected chi connectivity index (χ4v) is 4.10. The maximum absolute atomic E-state index is 12.6. The molecule has 0 aliphatic carbocycles. The number of benzene rings is 1. The maximum atomic E-state index is 12.6. The average Bonchev–Trinajstić information content (AvgIpc) is 3.23. The van der Waals surface area contributed by atoms with Gasteiger partial charge in [-0.05, 0) is 12.1 Å². The number of hydrogen-bond acceptors (Lipinski definition) is 7. The number of amides is 1. The Labute approximate surface area is 174 Å². The van der Waals surface area contributed by atoms with Crippen LogP contribution in [-0.2, 0) is 16.1 Å². The van der Waals surface area contributed by atoms with Crippen LogP contribution in [0.3, 0.4) is 0 Å². The number of aromatic nitrogens is 4. The number of anilines is 2. The van der Waals surface area contributed by atoms with Gasteiger partial charge in [-0.1, -0.05) is 18.2 Å². The Hall–Kier alpha value is -3.20. The summed E-state index contributed by atoms with van der Waals surface area (Å²) in [5, 5.41) is 5.34. The minimum absolute atomic E-state index is 0.0416. The van der Waals surface area contributed by atoms with E-state index >= 15 is 0 Å². The summed E-state index contributed by atoms with van der Waals surface area (Å²) in [6.07, 6.45) is 3.35. The van der Waals surface area contributed by atoms with E-state index in [2.05, 4.69) is 49.1 Å². The molecule has 1 amide bonds. The number of ether oxygens (including phenoxy) is 1. The van der Waals surface area contributed by atoms with E-state index in [4.69, 9.17) is 4.74 Å². The number of hydrogen-bond donors (Lipinski definition) is 0. The molecule has 2 saturated heterocycles. The monoisotopic (exact) mass is 407 g/mol. The summed E-state index contributed by atoms with van der Waals surface area (Å²) in [5.41, 5.74) is 1.95. The zero-order chi connectivity index (χ0) is 20.3. The predicted molar refractivity (Wildman–Crippen MR) is 114 cm³/mol. The van der Waals surface area contributed by atoms with Gasteiger partial charge in [-0.25, -0.2) is 14.6 Å². The highest BCUT2D eigenvalue weighted by Gasteiger charge is 2.23. The molecule has 1 aromatic carbocycles. The molecule has 0 radical (unpaired) electrons. The summed E-state index contributed by atoms with van der Waals surface area (Å²) in [6, 6.07) is 10.5. The highest BCUT2D eigenvalue weighted by atomic mass is 16.5. The summed E-state index contributed by atoms with van der Waals surface area (Å²) in [6.45, 7) is 6.23. The van der Waals surface area contributed by atoms with E-state index in [-0.39, 0.29) is 12.5 Å². The van der Waals surface area contributed by atoms with Crippen LogP contribution in [0.5, 0.6) is 0 Å². The predicted octanol–water partition coefficient (Wildman–Crippen LogP) is 1.01. The van der Waals surface area contributed by atoms with Crippen molar-refractivity contribution in [2.24, 2.45) is 0 Å².